The van der Waals surface area contributed by atoms with Crippen LogP contribution in [0.3, 0.4) is 0 Å². The lowest BCUT2D eigenvalue weighted by Gasteiger charge is -2.52. The molecule has 3 rings (SSSR count). The minimum Gasteiger partial charge on any atom is -0.329 e. The molecule has 0 bridgehead atoms. The van der Waals surface area contributed by atoms with E-state index in [1.165, 1.54) is 77.7 Å². The smallest absolute Gasteiger partial charge is 0.0382 e. The van der Waals surface area contributed by atoms with Crippen LogP contribution in [0.25, 0.3) is 0 Å². The summed E-state index contributed by atoms with van der Waals surface area (Å²) in [5.74, 6) is 0.929. The van der Waals surface area contributed by atoms with E-state index in [-0.39, 0.29) is 5.54 Å². The van der Waals surface area contributed by atoms with Crippen molar-refractivity contribution in [3.05, 3.63) is 0 Å². The maximum atomic E-state index is 6.29. The number of rotatable bonds is 4. The standard InChI is InChI=1S/C18H35N3/c1-17(2)8-5-9-18(17,15-19)21-12-6-16(7-13-21)14-20-10-3-4-11-20/h16H,3-15,19H2,1-2H3. The summed E-state index contributed by atoms with van der Waals surface area (Å²) in [6, 6.07) is 0. The van der Waals surface area contributed by atoms with Crippen LogP contribution >= 0.6 is 0 Å². The van der Waals surface area contributed by atoms with Gasteiger partial charge in [-0.3, -0.25) is 4.90 Å². The number of hydrogen-bond acceptors (Lipinski definition) is 3. The zero-order chi connectivity index (χ0) is 14.9. The van der Waals surface area contributed by atoms with E-state index in [1.807, 2.05) is 0 Å². The number of piperidine rings is 1. The fourth-order valence-electron chi connectivity index (χ4n) is 5.36. The van der Waals surface area contributed by atoms with E-state index in [0.29, 0.717) is 5.41 Å². The lowest BCUT2D eigenvalue weighted by atomic mass is 9.72. The van der Waals surface area contributed by atoms with Crippen molar-refractivity contribution in [2.24, 2.45) is 17.1 Å². The van der Waals surface area contributed by atoms with E-state index >= 15 is 0 Å². The van der Waals surface area contributed by atoms with Gasteiger partial charge in [-0.2, -0.15) is 0 Å². The van der Waals surface area contributed by atoms with Gasteiger partial charge in [-0.1, -0.05) is 20.3 Å². The van der Waals surface area contributed by atoms with Gasteiger partial charge in [0, 0.05) is 18.6 Å². The highest BCUT2D eigenvalue weighted by Gasteiger charge is 2.51. The molecule has 1 atom stereocenters. The zero-order valence-electron chi connectivity index (χ0n) is 14.2. The zero-order valence-corrected chi connectivity index (χ0v) is 14.2. The molecule has 3 fully saturated rings. The third-order valence-electron chi connectivity index (χ3n) is 6.92. The molecule has 0 aromatic rings. The average Bonchev–Trinajstić information content (AvgIpc) is 3.07. The Morgan fingerprint density at radius 1 is 0.952 bits per heavy atom. The first-order valence-electron chi connectivity index (χ1n) is 9.25. The Hall–Kier alpha value is -0.120. The molecule has 2 heterocycles. The van der Waals surface area contributed by atoms with E-state index in [0.717, 1.165) is 12.5 Å². The van der Waals surface area contributed by atoms with Gasteiger partial charge >= 0.3 is 0 Å². The lowest BCUT2D eigenvalue weighted by molar-refractivity contribution is -0.0132. The highest BCUT2D eigenvalue weighted by Crippen LogP contribution is 2.50. The van der Waals surface area contributed by atoms with Crippen molar-refractivity contribution in [3.63, 3.8) is 0 Å². The van der Waals surface area contributed by atoms with E-state index in [2.05, 4.69) is 23.6 Å². The topological polar surface area (TPSA) is 32.5 Å². The number of likely N-dealkylation sites (tertiary alicyclic amines) is 2. The molecule has 2 N–H and O–H groups in total. The normalized spacial score (nSPS) is 35.6. The van der Waals surface area contributed by atoms with Gasteiger partial charge in [0.25, 0.3) is 0 Å². The first-order valence-corrected chi connectivity index (χ1v) is 9.25. The monoisotopic (exact) mass is 293 g/mol. The van der Waals surface area contributed by atoms with E-state index in [1.54, 1.807) is 0 Å². The van der Waals surface area contributed by atoms with Gasteiger partial charge in [-0.25, -0.2) is 0 Å². The highest BCUT2D eigenvalue weighted by atomic mass is 15.2. The van der Waals surface area contributed by atoms with Crippen molar-refractivity contribution >= 4 is 0 Å². The van der Waals surface area contributed by atoms with Gasteiger partial charge < -0.3 is 10.6 Å². The average molecular weight is 293 g/mol. The molecule has 1 unspecified atom stereocenters. The molecular formula is C18H35N3. The van der Waals surface area contributed by atoms with Crippen LogP contribution in [0.15, 0.2) is 0 Å². The quantitative estimate of drug-likeness (QED) is 0.865. The van der Waals surface area contributed by atoms with E-state index < -0.39 is 0 Å². The van der Waals surface area contributed by atoms with Crippen molar-refractivity contribution in [1.82, 2.24) is 9.80 Å². The Morgan fingerprint density at radius 2 is 1.62 bits per heavy atom. The minimum atomic E-state index is 0.283. The predicted octanol–water partition coefficient (Wildman–Crippen LogP) is 2.70. The van der Waals surface area contributed by atoms with Crippen LogP contribution in [-0.2, 0) is 0 Å². The molecule has 2 saturated heterocycles. The van der Waals surface area contributed by atoms with Crippen LogP contribution < -0.4 is 5.73 Å². The molecule has 0 radical (unpaired) electrons. The summed E-state index contributed by atoms with van der Waals surface area (Å²) in [6.07, 6.45) is 9.62. The second kappa shape index (κ2) is 6.17. The summed E-state index contributed by atoms with van der Waals surface area (Å²) in [5, 5.41) is 0. The van der Waals surface area contributed by atoms with Gasteiger partial charge in [0.1, 0.15) is 0 Å². The predicted molar refractivity (Wildman–Crippen MR) is 89.4 cm³/mol. The SMILES string of the molecule is CC1(C)CCCC1(CN)N1CCC(CN2CCCC2)CC1. The second-order valence-corrected chi connectivity index (χ2v) is 8.41. The molecule has 1 saturated carbocycles. The van der Waals surface area contributed by atoms with Gasteiger partial charge in [-0.15, -0.1) is 0 Å². The largest absolute Gasteiger partial charge is 0.329 e. The van der Waals surface area contributed by atoms with E-state index in [4.69, 9.17) is 5.73 Å². The van der Waals surface area contributed by atoms with Crippen LogP contribution in [-0.4, -0.2) is 54.6 Å². The summed E-state index contributed by atoms with van der Waals surface area (Å²) in [6.45, 7) is 12.3. The number of nitrogens with zero attached hydrogens (tertiary/aromatic N) is 2. The van der Waals surface area contributed by atoms with Gasteiger partial charge in [0.2, 0.25) is 0 Å². The number of hydrogen-bond donors (Lipinski definition) is 1. The van der Waals surface area contributed by atoms with Crippen LogP contribution in [0, 0.1) is 11.3 Å². The Balaban J connectivity index is 1.57. The molecule has 3 nitrogen and oxygen atoms in total. The second-order valence-electron chi connectivity index (χ2n) is 8.41. The Bertz CT molecular complexity index is 340. The molecular weight excluding hydrogens is 258 g/mol. The van der Waals surface area contributed by atoms with Crippen LogP contribution in [0.5, 0.6) is 0 Å². The Labute approximate surface area is 131 Å². The first-order chi connectivity index (χ1) is 10.1. The Kier molecular flexibility index (Phi) is 4.63. The van der Waals surface area contributed by atoms with Crippen LogP contribution in [0.1, 0.15) is 58.8 Å². The molecule has 122 valence electrons. The van der Waals surface area contributed by atoms with Crippen molar-refractivity contribution in [2.45, 2.75) is 64.3 Å². The maximum Gasteiger partial charge on any atom is 0.0382 e. The van der Waals surface area contributed by atoms with Crippen LogP contribution in [0.2, 0.25) is 0 Å². The van der Waals surface area contributed by atoms with Crippen molar-refractivity contribution in [2.75, 3.05) is 39.3 Å². The molecule has 3 heteroatoms. The summed E-state index contributed by atoms with van der Waals surface area (Å²) >= 11 is 0. The third kappa shape index (κ3) is 2.89. The van der Waals surface area contributed by atoms with Crippen LogP contribution in [0.4, 0.5) is 0 Å². The maximum absolute atomic E-state index is 6.29. The van der Waals surface area contributed by atoms with E-state index in [9.17, 15) is 0 Å². The van der Waals surface area contributed by atoms with Gasteiger partial charge in [-0.05, 0) is 76.0 Å². The summed E-state index contributed by atoms with van der Waals surface area (Å²) in [4.78, 5) is 5.47. The summed E-state index contributed by atoms with van der Waals surface area (Å²) in [5.41, 5.74) is 6.97. The number of nitrogens with two attached hydrogens (primary N) is 1. The third-order valence-corrected chi connectivity index (χ3v) is 6.92. The molecule has 3 aliphatic rings. The van der Waals surface area contributed by atoms with Gasteiger partial charge in [0.15, 0.2) is 0 Å². The summed E-state index contributed by atoms with van der Waals surface area (Å²) in [7, 11) is 0. The lowest BCUT2D eigenvalue weighted by Crippen LogP contribution is -2.61. The van der Waals surface area contributed by atoms with Crippen molar-refractivity contribution in [1.29, 1.82) is 0 Å². The fourth-order valence-corrected chi connectivity index (χ4v) is 5.36. The first kappa shape index (κ1) is 15.8. The molecule has 0 spiro atoms. The molecule has 0 aromatic heterocycles. The van der Waals surface area contributed by atoms with Gasteiger partial charge in [0.05, 0.1) is 0 Å². The minimum absolute atomic E-state index is 0.283. The molecule has 2 aliphatic heterocycles. The van der Waals surface area contributed by atoms with Crippen molar-refractivity contribution in [3.8, 4) is 0 Å². The van der Waals surface area contributed by atoms with Crippen molar-refractivity contribution < 1.29 is 0 Å². The molecule has 0 aromatic carbocycles. The Morgan fingerprint density at radius 3 is 2.14 bits per heavy atom. The molecule has 0 amide bonds. The summed E-state index contributed by atoms with van der Waals surface area (Å²) < 4.78 is 0. The molecule has 21 heavy (non-hydrogen) atoms. The highest BCUT2D eigenvalue weighted by molar-refractivity contribution is 5.07. The fraction of sp³-hybridized carbons (Fsp3) is 1.00. The molecule has 1 aliphatic carbocycles.